The van der Waals surface area contributed by atoms with Crippen LogP contribution < -0.4 is 5.32 Å². The normalized spacial score (nSPS) is 12.7. The van der Waals surface area contributed by atoms with Gasteiger partial charge in [0.05, 0.1) is 29.5 Å². The Morgan fingerprint density at radius 3 is 2.37 bits per heavy atom. The lowest BCUT2D eigenvalue weighted by molar-refractivity contribution is 0.0597. The van der Waals surface area contributed by atoms with Gasteiger partial charge in [0.1, 0.15) is 5.75 Å². The number of hydrogen-bond donors (Lipinski definition) is 2. The van der Waals surface area contributed by atoms with Gasteiger partial charge < -0.3 is 19.9 Å². The van der Waals surface area contributed by atoms with Crippen LogP contribution in [0.1, 0.15) is 47.9 Å². The standard InChI is InChI=1S/C21H20N2O7/c1-29-9-3-8-23-19(26)14-6-4-12(10-15(14)20(23)27)18(25)22-16-7-5-13(11-17(16)24)21(28)30-2/h4-7,10-11,24H,3,8-9H2,1-2H3,(H,22,25). The molecule has 0 radical (unpaired) electrons. The molecule has 0 aromatic heterocycles. The van der Waals surface area contributed by atoms with Crippen LogP contribution in [0.5, 0.6) is 5.75 Å². The van der Waals surface area contributed by atoms with E-state index in [2.05, 4.69) is 10.1 Å². The van der Waals surface area contributed by atoms with Gasteiger partial charge in [-0.15, -0.1) is 0 Å². The minimum atomic E-state index is -0.625. The van der Waals surface area contributed by atoms with Crippen LogP contribution in [0.3, 0.4) is 0 Å². The Hall–Kier alpha value is -3.72. The number of methoxy groups -OCH3 is 2. The molecule has 9 heteroatoms. The second-order valence-electron chi connectivity index (χ2n) is 6.55. The predicted molar refractivity (Wildman–Crippen MR) is 106 cm³/mol. The van der Waals surface area contributed by atoms with Crippen molar-refractivity contribution >= 4 is 29.4 Å². The zero-order valence-electron chi connectivity index (χ0n) is 16.4. The molecule has 0 saturated carbocycles. The average molecular weight is 412 g/mol. The van der Waals surface area contributed by atoms with Crippen molar-refractivity contribution < 1.29 is 33.8 Å². The van der Waals surface area contributed by atoms with Crippen molar-refractivity contribution in [1.82, 2.24) is 4.90 Å². The molecule has 156 valence electrons. The number of rotatable bonds is 7. The number of nitrogens with one attached hydrogen (secondary N) is 1. The molecule has 0 saturated heterocycles. The Bertz CT molecular complexity index is 1030. The zero-order valence-corrected chi connectivity index (χ0v) is 16.4. The van der Waals surface area contributed by atoms with E-state index in [0.29, 0.717) is 13.0 Å². The largest absolute Gasteiger partial charge is 0.506 e. The number of aromatic hydroxyl groups is 1. The molecule has 1 aliphatic rings. The molecular formula is C21H20N2O7. The van der Waals surface area contributed by atoms with E-state index in [9.17, 15) is 24.3 Å². The number of benzene rings is 2. The van der Waals surface area contributed by atoms with Gasteiger partial charge in [-0.05, 0) is 42.8 Å². The fraction of sp³-hybridized carbons (Fsp3) is 0.238. The molecule has 0 bridgehead atoms. The third kappa shape index (κ3) is 4.01. The van der Waals surface area contributed by atoms with Crippen LogP contribution in [0.2, 0.25) is 0 Å². The van der Waals surface area contributed by atoms with E-state index in [1.807, 2.05) is 0 Å². The van der Waals surface area contributed by atoms with Crippen LogP contribution >= 0.6 is 0 Å². The maximum Gasteiger partial charge on any atom is 0.337 e. The monoisotopic (exact) mass is 412 g/mol. The summed E-state index contributed by atoms with van der Waals surface area (Å²) in [6, 6.07) is 8.13. The first-order valence-electron chi connectivity index (χ1n) is 9.09. The quantitative estimate of drug-likeness (QED) is 0.309. The Morgan fingerprint density at radius 2 is 1.70 bits per heavy atom. The van der Waals surface area contributed by atoms with E-state index in [1.165, 1.54) is 50.6 Å². The van der Waals surface area contributed by atoms with Crippen LogP contribution in [0.25, 0.3) is 0 Å². The van der Waals surface area contributed by atoms with Gasteiger partial charge in [0.15, 0.2) is 0 Å². The second kappa shape index (κ2) is 8.75. The van der Waals surface area contributed by atoms with Crippen LogP contribution in [0, 0.1) is 0 Å². The molecule has 2 N–H and O–H groups in total. The molecule has 3 amide bonds. The number of amides is 3. The molecule has 0 unspecified atom stereocenters. The summed E-state index contributed by atoms with van der Waals surface area (Å²) in [4.78, 5) is 50.2. The van der Waals surface area contributed by atoms with Crippen LogP contribution in [-0.2, 0) is 9.47 Å². The summed E-state index contributed by atoms with van der Waals surface area (Å²) in [6.45, 7) is 0.640. The first-order valence-corrected chi connectivity index (χ1v) is 9.09. The molecule has 0 spiro atoms. The molecule has 1 aliphatic heterocycles. The first kappa shape index (κ1) is 21.0. The number of carbonyl (C=O) groups excluding carboxylic acids is 4. The highest BCUT2D eigenvalue weighted by atomic mass is 16.5. The van der Waals surface area contributed by atoms with Gasteiger partial charge in [-0.2, -0.15) is 0 Å². The summed E-state index contributed by atoms with van der Waals surface area (Å²) in [5.41, 5.74) is 0.736. The van der Waals surface area contributed by atoms with Crippen molar-refractivity contribution in [1.29, 1.82) is 0 Å². The first-order chi connectivity index (χ1) is 14.4. The van der Waals surface area contributed by atoms with E-state index >= 15 is 0 Å². The maximum absolute atomic E-state index is 12.6. The van der Waals surface area contributed by atoms with Crippen LogP contribution in [0.15, 0.2) is 36.4 Å². The molecule has 2 aromatic carbocycles. The number of ether oxygens (including phenoxy) is 2. The molecule has 0 fully saturated rings. The van der Waals surface area contributed by atoms with E-state index in [1.54, 1.807) is 0 Å². The lowest BCUT2D eigenvalue weighted by Crippen LogP contribution is -2.31. The van der Waals surface area contributed by atoms with Gasteiger partial charge in [0.25, 0.3) is 17.7 Å². The highest BCUT2D eigenvalue weighted by molar-refractivity contribution is 6.22. The van der Waals surface area contributed by atoms with Crippen molar-refractivity contribution in [2.24, 2.45) is 0 Å². The number of nitrogens with zero attached hydrogens (tertiary/aromatic N) is 1. The number of carbonyl (C=O) groups is 4. The third-order valence-electron chi connectivity index (χ3n) is 4.63. The van der Waals surface area contributed by atoms with Crippen molar-refractivity contribution in [2.75, 3.05) is 32.7 Å². The van der Waals surface area contributed by atoms with Crippen LogP contribution in [-0.4, -0.2) is 61.1 Å². The Kier molecular flexibility index (Phi) is 6.12. The lowest BCUT2D eigenvalue weighted by Gasteiger charge is -2.12. The molecule has 0 atom stereocenters. The fourth-order valence-electron chi connectivity index (χ4n) is 3.08. The Labute approximate surface area is 172 Å². The summed E-state index contributed by atoms with van der Waals surface area (Å²) in [6.07, 6.45) is 0.510. The van der Waals surface area contributed by atoms with E-state index in [0.717, 1.165) is 4.90 Å². The van der Waals surface area contributed by atoms with Crippen molar-refractivity contribution in [3.05, 3.63) is 58.7 Å². The van der Waals surface area contributed by atoms with Crippen LogP contribution in [0.4, 0.5) is 5.69 Å². The SMILES string of the molecule is COCCCN1C(=O)c2ccc(C(=O)Nc3ccc(C(=O)OC)cc3O)cc2C1=O. The molecule has 0 aliphatic carbocycles. The van der Waals surface area contributed by atoms with Gasteiger partial charge in [0, 0.05) is 25.8 Å². The minimum absolute atomic E-state index is 0.0803. The predicted octanol–water partition coefficient (Wildman–Crippen LogP) is 2.06. The number of phenols is 1. The molecular weight excluding hydrogens is 392 g/mol. The maximum atomic E-state index is 12.6. The number of anilines is 1. The van der Waals surface area contributed by atoms with E-state index < -0.39 is 23.7 Å². The topological polar surface area (TPSA) is 122 Å². The molecule has 30 heavy (non-hydrogen) atoms. The van der Waals surface area contributed by atoms with Gasteiger partial charge >= 0.3 is 5.97 Å². The van der Waals surface area contributed by atoms with Gasteiger partial charge in [0.2, 0.25) is 0 Å². The minimum Gasteiger partial charge on any atom is -0.506 e. The van der Waals surface area contributed by atoms with Crippen molar-refractivity contribution in [3.63, 3.8) is 0 Å². The fourth-order valence-corrected chi connectivity index (χ4v) is 3.08. The number of esters is 1. The summed E-state index contributed by atoms with van der Waals surface area (Å²) < 4.78 is 9.52. The lowest BCUT2D eigenvalue weighted by atomic mass is 10.1. The van der Waals surface area contributed by atoms with Crippen molar-refractivity contribution in [3.8, 4) is 5.75 Å². The highest BCUT2D eigenvalue weighted by Crippen LogP contribution is 2.27. The van der Waals surface area contributed by atoms with Gasteiger partial charge in [-0.1, -0.05) is 0 Å². The third-order valence-corrected chi connectivity index (χ3v) is 4.63. The Balaban J connectivity index is 1.78. The summed E-state index contributed by atoms with van der Waals surface area (Å²) in [5.74, 6) is -2.40. The van der Waals surface area contributed by atoms with Gasteiger partial charge in [-0.25, -0.2) is 4.79 Å². The summed E-state index contributed by atoms with van der Waals surface area (Å²) in [7, 11) is 2.75. The van der Waals surface area contributed by atoms with E-state index in [4.69, 9.17) is 4.74 Å². The number of hydrogen-bond acceptors (Lipinski definition) is 7. The zero-order chi connectivity index (χ0) is 21.8. The number of phenolic OH excluding ortho intramolecular Hbond substituents is 1. The van der Waals surface area contributed by atoms with Crippen molar-refractivity contribution in [2.45, 2.75) is 6.42 Å². The molecule has 9 nitrogen and oxygen atoms in total. The summed E-state index contributed by atoms with van der Waals surface area (Å²) in [5, 5.41) is 12.6. The Morgan fingerprint density at radius 1 is 1.00 bits per heavy atom. The summed E-state index contributed by atoms with van der Waals surface area (Å²) >= 11 is 0. The smallest absolute Gasteiger partial charge is 0.337 e. The van der Waals surface area contributed by atoms with E-state index in [-0.39, 0.29) is 40.2 Å². The van der Waals surface area contributed by atoms with Gasteiger partial charge in [-0.3, -0.25) is 19.3 Å². The number of imide groups is 1. The molecule has 3 rings (SSSR count). The highest BCUT2D eigenvalue weighted by Gasteiger charge is 2.35. The second-order valence-corrected chi connectivity index (χ2v) is 6.55. The molecule has 1 heterocycles. The average Bonchev–Trinajstić information content (AvgIpc) is 2.99. The number of fused-ring (bicyclic) bond motifs is 1. The molecule has 2 aromatic rings.